The number of benzene rings is 2. The Morgan fingerprint density at radius 3 is 2.59 bits per heavy atom. The number of amides is 3. The molecule has 5 rings (SSSR count). The Bertz CT molecular complexity index is 1400. The standard InChI is InChI=1S/C29H29N5O4S/c1-2-24(27(36)31-18-20-11-8-16-38-20)39-29-33-22-13-7-6-12-21(22)26-32-23(28(37)34(26)29)14-15-25(35)30-17-19-9-4-3-5-10-19/h3-13,16,23-24H,2,14-15,17-18H2,1H3,(H,30,35)(H,31,36)/t23-,24-/m1/s1. The van der Waals surface area contributed by atoms with E-state index < -0.39 is 11.3 Å². The normalized spacial score (nSPS) is 16.6. The summed E-state index contributed by atoms with van der Waals surface area (Å²) in [5.41, 5.74) is 2.45. The zero-order valence-electron chi connectivity index (χ0n) is 21.5. The molecule has 3 aromatic rings. The number of rotatable bonds is 10. The van der Waals surface area contributed by atoms with Crippen LogP contribution in [0.25, 0.3) is 0 Å². The molecule has 3 amide bonds. The number of hydrogen-bond acceptors (Lipinski definition) is 7. The topological polar surface area (TPSA) is 116 Å². The molecule has 3 heterocycles. The lowest BCUT2D eigenvalue weighted by Gasteiger charge is -2.27. The predicted octanol–water partition coefficient (Wildman–Crippen LogP) is 4.16. The lowest BCUT2D eigenvalue weighted by atomic mass is 10.1. The quantitative estimate of drug-likeness (QED) is 0.398. The molecule has 39 heavy (non-hydrogen) atoms. The van der Waals surface area contributed by atoms with E-state index >= 15 is 0 Å². The number of carbonyl (C=O) groups excluding carboxylic acids is 3. The predicted molar refractivity (Wildman–Crippen MR) is 150 cm³/mol. The summed E-state index contributed by atoms with van der Waals surface area (Å²) in [6.07, 6.45) is 2.54. The first-order chi connectivity index (χ1) is 19.0. The zero-order valence-corrected chi connectivity index (χ0v) is 22.3. The number of nitrogens with zero attached hydrogens (tertiary/aromatic N) is 3. The third-order valence-electron chi connectivity index (χ3n) is 6.45. The van der Waals surface area contributed by atoms with Gasteiger partial charge in [0.05, 0.1) is 23.7 Å². The van der Waals surface area contributed by atoms with E-state index in [-0.39, 0.29) is 37.1 Å². The van der Waals surface area contributed by atoms with Crippen molar-refractivity contribution in [1.82, 2.24) is 15.5 Å². The SMILES string of the molecule is CC[C@@H](SC1=Nc2ccccc2C2=N[C@H](CCC(=O)NCc3ccccc3)C(=O)N12)C(=O)NCc1ccco1. The fraction of sp³-hybridized carbons (Fsp3) is 0.276. The average molecular weight is 544 g/mol. The van der Waals surface area contributed by atoms with Gasteiger partial charge in [0.1, 0.15) is 17.6 Å². The molecule has 0 unspecified atom stereocenters. The summed E-state index contributed by atoms with van der Waals surface area (Å²) < 4.78 is 5.30. The molecular weight excluding hydrogens is 514 g/mol. The minimum absolute atomic E-state index is 0.139. The molecule has 0 saturated heterocycles. The Labute approximate surface area is 230 Å². The van der Waals surface area contributed by atoms with Crippen LogP contribution in [-0.2, 0) is 27.5 Å². The van der Waals surface area contributed by atoms with Gasteiger partial charge < -0.3 is 15.1 Å². The fourth-order valence-electron chi connectivity index (χ4n) is 4.37. The summed E-state index contributed by atoms with van der Waals surface area (Å²) in [5.74, 6) is 0.616. The van der Waals surface area contributed by atoms with Crippen molar-refractivity contribution in [3.63, 3.8) is 0 Å². The van der Waals surface area contributed by atoms with Crippen molar-refractivity contribution in [3.8, 4) is 0 Å². The minimum Gasteiger partial charge on any atom is -0.467 e. The molecule has 200 valence electrons. The molecule has 9 nitrogen and oxygen atoms in total. The largest absolute Gasteiger partial charge is 0.467 e. The highest BCUT2D eigenvalue weighted by Gasteiger charge is 2.42. The zero-order chi connectivity index (χ0) is 27.2. The smallest absolute Gasteiger partial charge is 0.259 e. The average Bonchev–Trinajstić information content (AvgIpc) is 3.61. The van der Waals surface area contributed by atoms with Gasteiger partial charge in [-0.2, -0.15) is 0 Å². The second-order valence-electron chi connectivity index (χ2n) is 9.17. The van der Waals surface area contributed by atoms with Crippen molar-refractivity contribution in [3.05, 3.63) is 89.9 Å². The van der Waals surface area contributed by atoms with Gasteiger partial charge in [0.25, 0.3) is 5.91 Å². The summed E-state index contributed by atoms with van der Waals surface area (Å²) in [5, 5.41) is 5.74. The number of fused-ring (bicyclic) bond motifs is 3. The molecule has 2 N–H and O–H groups in total. The van der Waals surface area contributed by atoms with Gasteiger partial charge in [0.2, 0.25) is 11.8 Å². The third-order valence-corrected chi connectivity index (χ3v) is 7.77. The first kappa shape index (κ1) is 26.4. The second kappa shape index (κ2) is 12.1. The molecule has 0 aliphatic carbocycles. The third kappa shape index (κ3) is 6.12. The van der Waals surface area contributed by atoms with E-state index in [1.807, 2.05) is 61.5 Å². The molecule has 10 heteroatoms. The van der Waals surface area contributed by atoms with Gasteiger partial charge in [-0.05, 0) is 42.7 Å². The van der Waals surface area contributed by atoms with Gasteiger partial charge in [0.15, 0.2) is 5.17 Å². The van der Waals surface area contributed by atoms with Crippen LogP contribution in [0.2, 0.25) is 0 Å². The molecule has 0 spiro atoms. The summed E-state index contributed by atoms with van der Waals surface area (Å²) in [7, 11) is 0. The summed E-state index contributed by atoms with van der Waals surface area (Å²) in [6.45, 7) is 2.63. The second-order valence-corrected chi connectivity index (χ2v) is 10.3. The van der Waals surface area contributed by atoms with Crippen LogP contribution in [0.3, 0.4) is 0 Å². The van der Waals surface area contributed by atoms with Crippen LogP contribution >= 0.6 is 11.8 Å². The molecule has 0 bridgehead atoms. The number of hydrogen-bond donors (Lipinski definition) is 2. The first-order valence-corrected chi connectivity index (χ1v) is 13.8. The van der Waals surface area contributed by atoms with E-state index in [0.29, 0.717) is 35.4 Å². The lowest BCUT2D eigenvalue weighted by Crippen LogP contribution is -2.43. The van der Waals surface area contributed by atoms with E-state index in [9.17, 15) is 14.4 Å². The van der Waals surface area contributed by atoms with Crippen molar-refractivity contribution in [2.45, 2.75) is 50.6 Å². The van der Waals surface area contributed by atoms with Crippen LogP contribution in [0.15, 0.2) is 87.4 Å². The maximum Gasteiger partial charge on any atom is 0.259 e. The van der Waals surface area contributed by atoms with Crippen LogP contribution in [-0.4, -0.2) is 44.9 Å². The van der Waals surface area contributed by atoms with Gasteiger partial charge in [-0.25, -0.2) is 9.89 Å². The summed E-state index contributed by atoms with van der Waals surface area (Å²) in [4.78, 5) is 50.0. The Morgan fingerprint density at radius 2 is 1.82 bits per heavy atom. The van der Waals surface area contributed by atoms with Gasteiger partial charge in [0, 0.05) is 18.5 Å². The molecule has 0 fully saturated rings. The lowest BCUT2D eigenvalue weighted by molar-refractivity contribution is -0.125. The molecule has 0 saturated carbocycles. The van der Waals surface area contributed by atoms with Crippen LogP contribution < -0.4 is 10.6 Å². The van der Waals surface area contributed by atoms with Crippen LogP contribution in [0.1, 0.15) is 43.1 Å². The fourth-order valence-corrected chi connectivity index (χ4v) is 5.42. The van der Waals surface area contributed by atoms with Crippen LogP contribution in [0.4, 0.5) is 5.69 Å². The van der Waals surface area contributed by atoms with Gasteiger partial charge in [-0.15, -0.1) is 0 Å². The number of furan rings is 1. The number of para-hydroxylation sites is 1. The van der Waals surface area contributed by atoms with E-state index in [4.69, 9.17) is 14.4 Å². The maximum atomic E-state index is 13.5. The van der Waals surface area contributed by atoms with Crippen molar-refractivity contribution < 1.29 is 18.8 Å². The number of carbonyl (C=O) groups is 3. The number of thioether (sulfide) groups is 1. The maximum absolute atomic E-state index is 13.5. The number of aliphatic imine (C=N–C) groups is 2. The minimum atomic E-state index is -0.702. The van der Waals surface area contributed by atoms with E-state index in [1.54, 1.807) is 18.4 Å². The van der Waals surface area contributed by atoms with Crippen molar-refractivity contribution >= 4 is 46.2 Å². The van der Waals surface area contributed by atoms with Gasteiger partial charge in [-0.1, -0.05) is 61.2 Å². The van der Waals surface area contributed by atoms with Crippen molar-refractivity contribution in [2.75, 3.05) is 0 Å². The highest BCUT2D eigenvalue weighted by atomic mass is 32.2. The Balaban J connectivity index is 1.27. The van der Waals surface area contributed by atoms with E-state index in [2.05, 4.69) is 10.6 Å². The summed E-state index contributed by atoms with van der Waals surface area (Å²) >= 11 is 1.24. The monoisotopic (exact) mass is 543 g/mol. The number of nitrogens with one attached hydrogen (secondary N) is 2. The first-order valence-electron chi connectivity index (χ1n) is 12.9. The van der Waals surface area contributed by atoms with Gasteiger partial charge >= 0.3 is 0 Å². The molecule has 2 aromatic carbocycles. The van der Waals surface area contributed by atoms with Crippen molar-refractivity contribution in [2.24, 2.45) is 9.98 Å². The number of amidine groups is 2. The van der Waals surface area contributed by atoms with Crippen molar-refractivity contribution in [1.29, 1.82) is 0 Å². The highest BCUT2D eigenvalue weighted by Crippen LogP contribution is 2.35. The molecule has 2 aliphatic heterocycles. The molecule has 2 atom stereocenters. The molecule has 1 aromatic heterocycles. The Morgan fingerprint density at radius 1 is 1.03 bits per heavy atom. The van der Waals surface area contributed by atoms with Gasteiger partial charge in [-0.3, -0.25) is 19.4 Å². The Kier molecular flexibility index (Phi) is 8.21. The summed E-state index contributed by atoms with van der Waals surface area (Å²) in [6, 6.07) is 20.0. The Hall–Kier alpha value is -4.18. The van der Waals surface area contributed by atoms with Crippen LogP contribution in [0, 0.1) is 0 Å². The molecular formula is C29H29N5O4S. The molecule has 0 radical (unpaired) electrons. The highest BCUT2D eigenvalue weighted by molar-refractivity contribution is 8.15. The van der Waals surface area contributed by atoms with Crippen LogP contribution in [0.5, 0.6) is 0 Å². The van der Waals surface area contributed by atoms with E-state index in [1.165, 1.54) is 16.7 Å². The molecule has 2 aliphatic rings. The van der Waals surface area contributed by atoms with E-state index in [0.717, 1.165) is 11.1 Å².